The third-order valence-electron chi connectivity index (χ3n) is 3.86. The number of nitrogens with two attached hydrogens (primary N) is 1. The number of anilines is 2. The van der Waals surface area contributed by atoms with Crippen molar-refractivity contribution in [1.29, 1.82) is 0 Å². The molecule has 2 rings (SSSR count). The van der Waals surface area contributed by atoms with Gasteiger partial charge in [-0.1, -0.05) is 19.9 Å². The van der Waals surface area contributed by atoms with Crippen molar-refractivity contribution in [2.75, 3.05) is 11.1 Å². The van der Waals surface area contributed by atoms with Crippen molar-refractivity contribution < 1.29 is 0 Å². The van der Waals surface area contributed by atoms with Gasteiger partial charge in [-0.3, -0.25) is 4.98 Å². The third-order valence-corrected chi connectivity index (χ3v) is 3.86. The van der Waals surface area contributed by atoms with Gasteiger partial charge in [-0.05, 0) is 31.9 Å². The molecule has 0 fully saturated rings. The molecule has 96 valence electrons. The van der Waals surface area contributed by atoms with Crippen molar-refractivity contribution in [1.82, 2.24) is 4.98 Å². The Morgan fingerprint density at radius 2 is 1.94 bits per heavy atom. The van der Waals surface area contributed by atoms with Gasteiger partial charge in [0.1, 0.15) is 0 Å². The van der Waals surface area contributed by atoms with E-state index in [0.29, 0.717) is 0 Å². The van der Waals surface area contributed by atoms with E-state index < -0.39 is 0 Å². The number of rotatable bonds is 4. The van der Waals surface area contributed by atoms with Gasteiger partial charge in [0.25, 0.3) is 0 Å². The Morgan fingerprint density at radius 1 is 1.22 bits per heavy atom. The fraction of sp³-hybridized carbons (Fsp3) is 0.400. The van der Waals surface area contributed by atoms with Crippen molar-refractivity contribution in [3.8, 4) is 0 Å². The standard InChI is InChI=1S/C15H21N3/c1-4-15(3,5-2)18-13-7-6-11-10-17-9-8-12(11)14(13)16/h6-10,18H,4-5,16H2,1-3H3. The SMILES string of the molecule is CCC(C)(CC)Nc1ccc2cnccc2c1N. The molecular weight excluding hydrogens is 222 g/mol. The van der Waals surface area contributed by atoms with Gasteiger partial charge in [0.15, 0.2) is 0 Å². The van der Waals surface area contributed by atoms with Crippen LogP contribution in [-0.4, -0.2) is 10.5 Å². The second-order valence-corrected chi connectivity index (χ2v) is 5.02. The molecule has 2 aromatic rings. The van der Waals surface area contributed by atoms with E-state index in [2.05, 4.69) is 37.1 Å². The van der Waals surface area contributed by atoms with Crippen LogP contribution in [0.5, 0.6) is 0 Å². The molecule has 0 aliphatic carbocycles. The molecule has 0 unspecified atom stereocenters. The first-order valence-corrected chi connectivity index (χ1v) is 6.50. The van der Waals surface area contributed by atoms with Crippen LogP contribution >= 0.6 is 0 Å². The fourth-order valence-electron chi connectivity index (χ4n) is 2.05. The highest BCUT2D eigenvalue weighted by atomic mass is 15.0. The van der Waals surface area contributed by atoms with Crippen molar-refractivity contribution in [2.24, 2.45) is 0 Å². The minimum Gasteiger partial charge on any atom is -0.397 e. The van der Waals surface area contributed by atoms with Crippen LogP contribution in [0.4, 0.5) is 11.4 Å². The average Bonchev–Trinajstić information content (AvgIpc) is 2.42. The number of benzene rings is 1. The normalized spacial score (nSPS) is 11.7. The molecule has 0 amide bonds. The van der Waals surface area contributed by atoms with E-state index >= 15 is 0 Å². The summed E-state index contributed by atoms with van der Waals surface area (Å²) in [6.07, 6.45) is 5.75. The second kappa shape index (κ2) is 4.84. The van der Waals surface area contributed by atoms with Gasteiger partial charge in [-0.15, -0.1) is 0 Å². The molecule has 0 atom stereocenters. The summed E-state index contributed by atoms with van der Waals surface area (Å²) in [7, 11) is 0. The highest BCUT2D eigenvalue weighted by Crippen LogP contribution is 2.31. The molecule has 0 saturated carbocycles. The van der Waals surface area contributed by atoms with Gasteiger partial charge in [-0.25, -0.2) is 0 Å². The summed E-state index contributed by atoms with van der Waals surface area (Å²) in [4.78, 5) is 4.11. The molecule has 3 heteroatoms. The molecule has 0 spiro atoms. The molecule has 18 heavy (non-hydrogen) atoms. The number of nitrogens with zero attached hydrogens (tertiary/aromatic N) is 1. The lowest BCUT2D eigenvalue weighted by Crippen LogP contribution is -2.33. The zero-order valence-electron chi connectivity index (χ0n) is 11.3. The maximum absolute atomic E-state index is 6.25. The highest BCUT2D eigenvalue weighted by Gasteiger charge is 2.20. The molecular formula is C15H21N3. The summed E-state index contributed by atoms with van der Waals surface area (Å²) in [6.45, 7) is 6.61. The predicted octanol–water partition coefficient (Wildman–Crippen LogP) is 3.81. The molecule has 3 nitrogen and oxygen atoms in total. The number of fused-ring (bicyclic) bond motifs is 1. The van der Waals surface area contributed by atoms with Crippen LogP contribution < -0.4 is 11.1 Å². The summed E-state index contributed by atoms with van der Waals surface area (Å²) < 4.78 is 0. The number of nitrogen functional groups attached to an aromatic ring is 1. The third kappa shape index (κ3) is 2.26. The van der Waals surface area contributed by atoms with Gasteiger partial charge < -0.3 is 11.1 Å². The Morgan fingerprint density at radius 3 is 2.61 bits per heavy atom. The van der Waals surface area contributed by atoms with Gasteiger partial charge in [0.05, 0.1) is 11.4 Å². The first kappa shape index (κ1) is 12.7. The van der Waals surface area contributed by atoms with Gasteiger partial charge in [0, 0.05) is 28.7 Å². The number of pyridine rings is 1. The molecule has 1 aromatic heterocycles. The summed E-state index contributed by atoms with van der Waals surface area (Å²) in [5.74, 6) is 0. The van der Waals surface area contributed by atoms with Crippen LogP contribution in [0.15, 0.2) is 30.6 Å². The molecule has 0 saturated heterocycles. The number of aromatic nitrogens is 1. The van der Waals surface area contributed by atoms with Crippen LogP contribution in [0.25, 0.3) is 10.8 Å². The van der Waals surface area contributed by atoms with Gasteiger partial charge in [-0.2, -0.15) is 0 Å². The Bertz CT molecular complexity index is 544. The second-order valence-electron chi connectivity index (χ2n) is 5.02. The lowest BCUT2D eigenvalue weighted by molar-refractivity contribution is 0.479. The van der Waals surface area contributed by atoms with Crippen LogP contribution in [0.3, 0.4) is 0 Å². The molecule has 0 aliphatic rings. The predicted molar refractivity (Wildman–Crippen MR) is 78.8 cm³/mol. The van der Waals surface area contributed by atoms with E-state index in [9.17, 15) is 0 Å². The minimum absolute atomic E-state index is 0.0921. The summed E-state index contributed by atoms with van der Waals surface area (Å²) in [6, 6.07) is 6.07. The molecule has 1 aromatic carbocycles. The monoisotopic (exact) mass is 243 g/mol. The van der Waals surface area contributed by atoms with Crippen molar-refractivity contribution >= 4 is 22.1 Å². The zero-order chi connectivity index (χ0) is 13.2. The van der Waals surface area contributed by atoms with Crippen molar-refractivity contribution in [3.63, 3.8) is 0 Å². The summed E-state index contributed by atoms with van der Waals surface area (Å²) in [5, 5.41) is 5.71. The van der Waals surface area contributed by atoms with Crippen LogP contribution in [0.2, 0.25) is 0 Å². The molecule has 0 bridgehead atoms. The van der Waals surface area contributed by atoms with E-state index in [1.54, 1.807) is 6.20 Å². The largest absolute Gasteiger partial charge is 0.397 e. The number of nitrogens with one attached hydrogen (secondary N) is 1. The van der Waals surface area contributed by atoms with Crippen LogP contribution in [0.1, 0.15) is 33.6 Å². The summed E-state index contributed by atoms with van der Waals surface area (Å²) >= 11 is 0. The highest BCUT2D eigenvalue weighted by molar-refractivity contribution is 5.98. The molecule has 1 heterocycles. The first-order chi connectivity index (χ1) is 8.59. The maximum Gasteiger partial charge on any atom is 0.0630 e. The minimum atomic E-state index is 0.0921. The molecule has 0 aliphatic heterocycles. The van der Waals surface area contributed by atoms with Gasteiger partial charge >= 0.3 is 0 Å². The molecule has 0 radical (unpaired) electrons. The number of hydrogen-bond acceptors (Lipinski definition) is 3. The Hall–Kier alpha value is -1.77. The van der Waals surface area contributed by atoms with Crippen LogP contribution in [0, 0.1) is 0 Å². The topological polar surface area (TPSA) is 50.9 Å². The van der Waals surface area contributed by atoms with Gasteiger partial charge in [0.2, 0.25) is 0 Å². The fourth-order valence-corrected chi connectivity index (χ4v) is 2.05. The van der Waals surface area contributed by atoms with Crippen molar-refractivity contribution in [2.45, 2.75) is 39.2 Å². The average molecular weight is 243 g/mol. The smallest absolute Gasteiger partial charge is 0.0630 e. The maximum atomic E-state index is 6.25. The van der Waals surface area contributed by atoms with E-state index in [1.165, 1.54) is 0 Å². The summed E-state index contributed by atoms with van der Waals surface area (Å²) in [5.41, 5.74) is 8.16. The van der Waals surface area contributed by atoms with E-state index in [4.69, 9.17) is 5.73 Å². The number of hydrogen-bond donors (Lipinski definition) is 2. The first-order valence-electron chi connectivity index (χ1n) is 6.50. The lowest BCUT2D eigenvalue weighted by atomic mass is 9.94. The zero-order valence-corrected chi connectivity index (χ0v) is 11.3. The molecule has 3 N–H and O–H groups in total. The van der Waals surface area contributed by atoms with E-state index in [1.807, 2.05) is 18.3 Å². The van der Waals surface area contributed by atoms with E-state index in [0.717, 1.165) is 35.0 Å². The Kier molecular flexibility index (Phi) is 3.41. The quantitative estimate of drug-likeness (QED) is 0.803. The Balaban J connectivity index is 2.43. The lowest BCUT2D eigenvalue weighted by Gasteiger charge is -2.30. The van der Waals surface area contributed by atoms with E-state index in [-0.39, 0.29) is 5.54 Å². The van der Waals surface area contributed by atoms with Crippen LogP contribution in [-0.2, 0) is 0 Å². The Labute approximate surface area is 108 Å². The van der Waals surface area contributed by atoms with Crippen molar-refractivity contribution in [3.05, 3.63) is 30.6 Å².